The topological polar surface area (TPSA) is 20.2 Å². The number of hydrogen-bond acceptors (Lipinski definition) is 1. The van der Waals surface area contributed by atoms with Crippen LogP contribution in [-0.4, -0.2) is 10.7 Å². The van der Waals surface area contributed by atoms with Crippen LogP contribution in [0.15, 0.2) is 11.1 Å². The van der Waals surface area contributed by atoms with E-state index in [0.717, 1.165) is 5.92 Å². The molecule has 2 rings (SSSR count). The quantitative estimate of drug-likeness (QED) is 0.667. The third-order valence-corrected chi connectivity index (χ3v) is 4.78. The normalized spacial score (nSPS) is 36.2. The molecular weight excluding hydrogens is 196 g/mol. The van der Waals surface area contributed by atoms with E-state index in [0.29, 0.717) is 11.8 Å². The molecule has 0 aromatic rings. The number of rotatable bonds is 1. The zero-order valence-corrected chi connectivity index (χ0v) is 11.2. The molecule has 0 aromatic heterocycles. The predicted molar refractivity (Wildman–Crippen MR) is 68.2 cm³/mol. The summed E-state index contributed by atoms with van der Waals surface area (Å²) in [6.07, 6.45) is 6.30. The van der Waals surface area contributed by atoms with E-state index in [-0.39, 0.29) is 0 Å². The number of allylic oxidation sites excluding steroid dienone is 2. The summed E-state index contributed by atoms with van der Waals surface area (Å²) in [4.78, 5) is 0. The third kappa shape index (κ3) is 2.20. The van der Waals surface area contributed by atoms with E-state index in [2.05, 4.69) is 13.8 Å². The van der Waals surface area contributed by atoms with Crippen molar-refractivity contribution in [2.24, 2.45) is 17.8 Å². The summed E-state index contributed by atoms with van der Waals surface area (Å²) >= 11 is 0. The summed E-state index contributed by atoms with van der Waals surface area (Å²) in [6.45, 7) is 8.66. The number of fused-ring (bicyclic) bond motifs is 1. The van der Waals surface area contributed by atoms with Crippen LogP contribution in [0.4, 0.5) is 0 Å². The van der Waals surface area contributed by atoms with Crippen molar-refractivity contribution in [2.45, 2.75) is 65.4 Å². The van der Waals surface area contributed by atoms with Crippen LogP contribution in [0.3, 0.4) is 0 Å². The summed E-state index contributed by atoms with van der Waals surface area (Å²) in [7, 11) is 0. The molecule has 1 heteroatoms. The van der Waals surface area contributed by atoms with E-state index < -0.39 is 5.60 Å². The Balaban J connectivity index is 2.27. The van der Waals surface area contributed by atoms with Crippen molar-refractivity contribution in [1.29, 1.82) is 0 Å². The zero-order chi connectivity index (χ0) is 11.9. The molecule has 3 unspecified atom stereocenters. The van der Waals surface area contributed by atoms with Crippen molar-refractivity contribution in [2.75, 3.05) is 0 Å². The van der Waals surface area contributed by atoms with Gasteiger partial charge in [0.15, 0.2) is 0 Å². The molecule has 0 saturated heterocycles. The second-order valence-corrected chi connectivity index (χ2v) is 6.59. The maximum absolute atomic E-state index is 10.3. The Morgan fingerprint density at radius 3 is 2.50 bits per heavy atom. The Hall–Kier alpha value is -0.300. The average molecular weight is 222 g/mol. The minimum atomic E-state index is -0.506. The lowest BCUT2D eigenvalue weighted by Crippen LogP contribution is -2.41. The highest BCUT2D eigenvalue weighted by Crippen LogP contribution is 2.48. The second kappa shape index (κ2) is 4.18. The van der Waals surface area contributed by atoms with Gasteiger partial charge < -0.3 is 5.11 Å². The van der Waals surface area contributed by atoms with Crippen molar-refractivity contribution in [3.05, 3.63) is 11.1 Å². The van der Waals surface area contributed by atoms with Crippen LogP contribution in [0, 0.1) is 17.8 Å². The molecular formula is C15H26O. The Morgan fingerprint density at radius 2 is 1.88 bits per heavy atom. The fraction of sp³-hybridized carbons (Fsp3) is 0.867. The van der Waals surface area contributed by atoms with Gasteiger partial charge in [0.1, 0.15) is 0 Å². The first-order chi connectivity index (χ1) is 7.39. The molecule has 1 N–H and O–H groups in total. The van der Waals surface area contributed by atoms with Crippen LogP contribution in [0.25, 0.3) is 0 Å². The fourth-order valence-electron chi connectivity index (χ4n) is 3.80. The highest BCUT2D eigenvalue weighted by Gasteiger charge is 2.40. The third-order valence-electron chi connectivity index (χ3n) is 4.78. The minimum absolute atomic E-state index is 0.481. The van der Waals surface area contributed by atoms with Gasteiger partial charge in [-0.25, -0.2) is 0 Å². The molecule has 0 amide bonds. The second-order valence-electron chi connectivity index (χ2n) is 6.59. The van der Waals surface area contributed by atoms with Crippen LogP contribution < -0.4 is 0 Å². The van der Waals surface area contributed by atoms with E-state index in [4.69, 9.17) is 0 Å². The maximum atomic E-state index is 10.3. The van der Waals surface area contributed by atoms with Crippen molar-refractivity contribution in [3.8, 4) is 0 Å². The first-order valence-electron chi connectivity index (χ1n) is 6.80. The summed E-state index contributed by atoms with van der Waals surface area (Å²) < 4.78 is 0. The van der Waals surface area contributed by atoms with Gasteiger partial charge in [0.25, 0.3) is 0 Å². The van der Waals surface area contributed by atoms with E-state index >= 15 is 0 Å². The molecule has 3 atom stereocenters. The van der Waals surface area contributed by atoms with Gasteiger partial charge in [-0.1, -0.05) is 18.1 Å². The maximum Gasteiger partial charge on any atom is 0.0625 e. The zero-order valence-electron chi connectivity index (χ0n) is 11.2. The lowest BCUT2D eigenvalue weighted by Gasteiger charge is -2.45. The van der Waals surface area contributed by atoms with Gasteiger partial charge in [-0.15, -0.1) is 0 Å². The van der Waals surface area contributed by atoms with Crippen molar-refractivity contribution < 1.29 is 5.11 Å². The molecule has 2 aliphatic rings. The van der Waals surface area contributed by atoms with Gasteiger partial charge in [0.2, 0.25) is 0 Å². The first kappa shape index (κ1) is 12.2. The lowest BCUT2D eigenvalue weighted by molar-refractivity contribution is -0.0190. The van der Waals surface area contributed by atoms with Crippen LogP contribution in [0.2, 0.25) is 0 Å². The molecule has 0 aliphatic heterocycles. The van der Waals surface area contributed by atoms with Gasteiger partial charge in [-0.05, 0) is 70.6 Å². The minimum Gasteiger partial charge on any atom is -0.390 e. The summed E-state index contributed by atoms with van der Waals surface area (Å²) in [5.74, 6) is 1.98. The Kier molecular flexibility index (Phi) is 3.18. The Labute approximate surface area is 99.9 Å². The SMILES string of the molecule is CC1=C2CCC(C)CC2C(C(C)(C)O)CC1. The van der Waals surface area contributed by atoms with Gasteiger partial charge in [-0.2, -0.15) is 0 Å². The van der Waals surface area contributed by atoms with E-state index in [1.165, 1.54) is 32.1 Å². The summed E-state index contributed by atoms with van der Waals surface area (Å²) in [5.41, 5.74) is 2.81. The number of hydrogen-bond donors (Lipinski definition) is 1. The molecule has 0 bridgehead atoms. The molecule has 1 fully saturated rings. The lowest BCUT2D eigenvalue weighted by atomic mass is 9.62. The van der Waals surface area contributed by atoms with E-state index in [9.17, 15) is 5.11 Å². The van der Waals surface area contributed by atoms with Gasteiger partial charge in [0, 0.05) is 0 Å². The van der Waals surface area contributed by atoms with Gasteiger partial charge in [-0.3, -0.25) is 0 Å². The van der Waals surface area contributed by atoms with Crippen molar-refractivity contribution >= 4 is 0 Å². The largest absolute Gasteiger partial charge is 0.390 e. The highest BCUT2D eigenvalue weighted by atomic mass is 16.3. The smallest absolute Gasteiger partial charge is 0.0625 e. The van der Waals surface area contributed by atoms with Crippen molar-refractivity contribution in [3.63, 3.8) is 0 Å². The predicted octanol–water partition coefficient (Wildman–Crippen LogP) is 3.92. The molecule has 0 spiro atoms. The number of aliphatic hydroxyl groups is 1. The Bertz CT molecular complexity index is 295. The van der Waals surface area contributed by atoms with Gasteiger partial charge in [0.05, 0.1) is 5.60 Å². The molecule has 2 aliphatic carbocycles. The van der Waals surface area contributed by atoms with Crippen LogP contribution >= 0.6 is 0 Å². The molecule has 92 valence electrons. The molecule has 16 heavy (non-hydrogen) atoms. The molecule has 0 heterocycles. The first-order valence-corrected chi connectivity index (χ1v) is 6.80. The molecule has 1 nitrogen and oxygen atoms in total. The summed E-state index contributed by atoms with van der Waals surface area (Å²) in [6, 6.07) is 0. The fourth-order valence-corrected chi connectivity index (χ4v) is 3.80. The van der Waals surface area contributed by atoms with Crippen molar-refractivity contribution in [1.82, 2.24) is 0 Å². The average Bonchev–Trinajstić information content (AvgIpc) is 2.15. The molecule has 0 aromatic carbocycles. The Morgan fingerprint density at radius 1 is 1.19 bits per heavy atom. The van der Waals surface area contributed by atoms with Crippen LogP contribution in [0.5, 0.6) is 0 Å². The van der Waals surface area contributed by atoms with Crippen LogP contribution in [0.1, 0.15) is 59.8 Å². The standard InChI is InChI=1S/C15H26O/c1-10-5-7-12-11(2)6-8-14(13(12)9-10)15(3,4)16/h10,13-14,16H,5-9H2,1-4H3. The monoisotopic (exact) mass is 222 g/mol. The van der Waals surface area contributed by atoms with E-state index in [1.807, 2.05) is 13.8 Å². The molecule has 0 radical (unpaired) electrons. The highest BCUT2D eigenvalue weighted by molar-refractivity contribution is 5.23. The molecule has 1 saturated carbocycles. The van der Waals surface area contributed by atoms with Crippen LogP contribution in [-0.2, 0) is 0 Å². The van der Waals surface area contributed by atoms with E-state index in [1.54, 1.807) is 11.1 Å². The summed E-state index contributed by atoms with van der Waals surface area (Å²) in [5, 5.41) is 10.3. The van der Waals surface area contributed by atoms with Gasteiger partial charge >= 0.3 is 0 Å².